The maximum atomic E-state index is 10.8. The van der Waals surface area contributed by atoms with Crippen molar-refractivity contribution in [1.29, 1.82) is 0 Å². The van der Waals surface area contributed by atoms with Gasteiger partial charge in [0.15, 0.2) is 0 Å². The number of nitrogens with zero attached hydrogens (tertiary/aromatic N) is 2. The van der Waals surface area contributed by atoms with Gasteiger partial charge in [-0.15, -0.1) is 0 Å². The van der Waals surface area contributed by atoms with E-state index in [1.54, 1.807) is 0 Å². The minimum Gasteiger partial charge on any atom is -0.323 e. The SMILES string of the molecule is CNC(=O)ON=C1CC2CCC(C1)N2C. The average molecular weight is 211 g/mol. The van der Waals surface area contributed by atoms with E-state index in [0.29, 0.717) is 12.1 Å². The molecule has 0 aromatic heterocycles. The Morgan fingerprint density at radius 1 is 1.47 bits per heavy atom. The van der Waals surface area contributed by atoms with E-state index in [1.165, 1.54) is 19.9 Å². The van der Waals surface area contributed by atoms with Gasteiger partial charge in [-0.25, -0.2) is 4.79 Å². The predicted molar refractivity (Wildman–Crippen MR) is 56.8 cm³/mol. The van der Waals surface area contributed by atoms with Crippen LogP contribution in [0.1, 0.15) is 25.7 Å². The van der Waals surface area contributed by atoms with Crippen LogP contribution in [0.25, 0.3) is 0 Å². The second kappa shape index (κ2) is 4.18. The number of hydrogen-bond acceptors (Lipinski definition) is 4. The Morgan fingerprint density at radius 2 is 2.07 bits per heavy atom. The molecule has 0 aromatic carbocycles. The van der Waals surface area contributed by atoms with Crippen molar-refractivity contribution in [2.24, 2.45) is 5.16 Å². The number of carbonyl (C=O) groups excluding carboxylic acids is 1. The molecule has 2 unspecified atom stereocenters. The smallest absolute Gasteiger partial charge is 0.323 e. The third-order valence-corrected chi connectivity index (χ3v) is 3.39. The molecule has 5 heteroatoms. The quantitative estimate of drug-likeness (QED) is 0.519. The van der Waals surface area contributed by atoms with E-state index < -0.39 is 6.09 Å². The van der Waals surface area contributed by atoms with Gasteiger partial charge in [-0.2, -0.15) is 0 Å². The number of oxime groups is 1. The molecule has 2 heterocycles. The fourth-order valence-corrected chi connectivity index (χ4v) is 2.44. The molecule has 2 bridgehead atoms. The number of hydrogen-bond donors (Lipinski definition) is 1. The minimum atomic E-state index is -0.492. The molecule has 2 aliphatic heterocycles. The third kappa shape index (κ3) is 2.12. The van der Waals surface area contributed by atoms with Gasteiger partial charge in [0.25, 0.3) is 0 Å². The first-order valence-corrected chi connectivity index (χ1v) is 5.37. The number of fused-ring (bicyclic) bond motifs is 2. The van der Waals surface area contributed by atoms with E-state index in [4.69, 9.17) is 4.84 Å². The van der Waals surface area contributed by atoms with E-state index in [0.717, 1.165) is 18.6 Å². The third-order valence-electron chi connectivity index (χ3n) is 3.39. The molecule has 84 valence electrons. The molecule has 1 N–H and O–H groups in total. The van der Waals surface area contributed by atoms with E-state index in [9.17, 15) is 4.79 Å². The molecule has 5 nitrogen and oxygen atoms in total. The molecular formula is C10H17N3O2. The summed E-state index contributed by atoms with van der Waals surface area (Å²) >= 11 is 0. The largest absolute Gasteiger partial charge is 0.433 e. The molecular weight excluding hydrogens is 194 g/mol. The van der Waals surface area contributed by atoms with Gasteiger partial charge in [-0.3, -0.25) is 9.74 Å². The van der Waals surface area contributed by atoms with Crippen LogP contribution >= 0.6 is 0 Å². The first kappa shape index (κ1) is 10.4. The van der Waals surface area contributed by atoms with Gasteiger partial charge in [0.2, 0.25) is 0 Å². The molecule has 2 saturated heterocycles. The van der Waals surface area contributed by atoms with Crippen LogP contribution in [0.3, 0.4) is 0 Å². The van der Waals surface area contributed by atoms with Crippen LogP contribution in [0.4, 0.5) is 4.79 Å². The molecule has 2 aliphatic rings. The second-order valence-corrected chi connectivity index (χ2v) is 4.24. The molecule has 1 amide bonds. The number of amides is 1. The molecule has 0 radical (unpaired) electrons. The van der Waals surface area contributed by atoms with E-state index in [2.05, 4.69) is 22.4 Å². The molecule has 2 rings (SSSR count). The Morgan fingerprint density at radius 3 is 2.60 bits per heavy atom. The standard InChI is InChI=1S/C10H17N3O2/c1-11-10(14)15-12-7-5-8-3-4-9(6-7)13(8)2/h8-9H,3-6H2,1-2H3,(H,11,14). The normalized spacial score (nSPS) is 30.1. The number of nitrogens with one attached hydrogen (secondary N) is 1. The van der Waals surface area contributed by atoms with Gasteiger partial charge < -0.3 is 5.32 Å². The highest BCUT2D eigenvalue weighted by Crippen LogP contribution is 2.32. The van der Waals surface area contributed by atoms with Gasteiger partial charge in [-0.1, -0.05) is 5.16 Å². The summed E-state index contributed by atoms with van der Waals surface area (Å²) in [5, 5.41) is 6.28. The lowest BCUT2D eigenvalue weighted by atomic mass is 10.0. The van der Waals surface area contributed by atoms with Crippen molar-refractivity contribution in [2.45, 2.75) is 37.8 Å². The Bertz CT molecular complexity index is 274. The highest BCUT2D eigenvalue weighted by Gasteiger charge is 2.36. The molecule has 15 heavy (non-hydrogen) atoms. The Labute approximate surface area is 89.4 Å². The number of rotatable bonds is 1. The van der Waals surface area contributed by atoms with Crippen LogP contribution in [-0.2, 0) is 4.84 Å². The van der Waals surface area contributed by atoms with Crippen molar-refractivity contribution in [3.05, 3.63) is 0 Å². The summed E-state index contributed by atoms with van der Waals surface area (Å²) in [4.78, 5) is 18.0. The zero-order valence-corrected chi connectivity index (χ0v) is 9.19. The molecule has 0 aromatic rings. The summed E-state index contributed by atoms with van der Waals surface area (Å²) in [5.41, 5.74) is 1.02. The fraction of sp³-hybridized carbons (Fsp3) is 0.800. The number of carbonyl (C=O) groups is 1. The number of piperidine rings is 1. The Balaban J connectivity index is 1.93. The van der Waals surface area contributed by atoms with E-state index >= 15 is 0 Å². The molecule has 0 saturated carbocycles. The van der Waals surface area contributed by atoms with Crippen molar-refractivity contribution in [3.8, 4) is 0 Å². The van der Waals surface area contributed by atoms with Gasteiger partial charge in [0.1, 0.15) is 0 Å². The van der Waals surface area contributed by atoms with Crippen molar-refractivity contribution in [3.63, 3.8) is 0 Å². The molecule has 0 spiro atoms. The fourth-order valence-electron chi connectivity index (χ4n) is 2.44. The first-order chi connectivity index (χ1) is 7.20. The summed E-state index contributed by atoms with van der Waals surface area (Å²) < 4.78 is 0. The lowest BCUT2D eigenvalue weighted by Gasteiger charge is -2.31. The topological polar surface area (TPSA) is 53.9 Å². The zero-order chi connectivity index (χ0) is 10.8. The zero-order valence-electron chi connectivity index (χ0n) is 9.19. The van der Waals surface area contributed by atoms with Gasteiger partial charge in [0.05, 0.1) is 5.71 Å². The Kier molecular flexibility index (Phi) is 2.90. The predicted octanol–water partition coefficient (Wildman–Crippen LogP) is 0.955. The lowest BCUT2D eigenvalue weighted by molar-refractivity contribution is 0.150. The summed E-state index contributed by atoms with van der Waals surface area (Å²) in [6, 6.07) is 1.19. The van der Waals surface area contributed by atoms with Crippen LogP contribution in [-0.4, -0.2) is 42.9 Å². The maximum absolute atomic E-state index is 10.8. The van der Waals surface area contributed by atoms with Gasteiger partial charge >= 0.3 is 6.09 Å². The minimum absolute atomic E-state index is 0.492. The van der Waals surface area contributed by atoms with E-state index in [1.807, 2.05) is 0 Å². The maximum Gasteiger partial charge on any atom is 0.433 e. The molecule has 2 atom stereocenters. The summed E-state index contributed by atoms with van der Waals surface area (Å²) in [7, 11) is 3.69. The van der Waals surface area contributed by atoms with Crippen LogP contribution in [0.15, 0.2) is 5.16 Å². The summed E-state index contributed by atoms with van der Waals surface area (Å²) in [6.45, 7) is 0. The van der Waals surface area contributed by atoms with Crippen LogP contribution in [0.5, 0.6) is 0 Å². The van der Waals surface area contributed by atoms with Crippen LogP contribution in [0.2, 0.25) is 0 Å². The van der Waals surface area contributed by atoms with E-state index in [-0.39, 0.29) is 0 Å². The highest BCUT2D eigenvalue weighted by atomic mass is 16.7. The second-order valence-electron chi connectivity index (χ2n) is 4.24. The monoisotopic (exact) mass is 211 g/mol. The van der Waals surface area contributed by atoms with Crippen molar-refractivity contribution >= 4 is 11.8 Å². The first-order valence-electron chi connectivity index (χ1n) is 5.37. The van der Waals surface area contributed by atoms with Crippen molar-refractivity contribution in [1.82, 2.24) is 10.2 Å². The van der Waals surface area contributed by atoms with Crippen LogP contribution in [0, 0.1) is 0 Å². The highest BCUT2D eigenvalue weighted by molar-refractivity contribution is 5.86. The van der Waals surface area contributed by atoms with Crippen molar-refractivity contribution < 1.29 is 9.63 Å². The van der Waals surface area contributed by atoms with Gasteiger partial charge in [0, 0.05) is 32.0 Å². The summed E-state index contributed by atoms with van der Waals surface area (Å²) in [5.74, 6) is 0. The average Bonchev–Trinajstić information content (AvgIpc) is 2.50. The summed E-state index contributed by atoms with van der Waals surface area (Å²) in [6.07, 6.45) is 3.85. The van der Waals surface area contributed by atoms with Crippen LogP contribution < -0.4 is 5.32 Å². The van der Waals surface area contributed by atoms with Crippen molar-refractivity contribution in [2.75, 3.05) is 14.1 Å². The molecule has 0 aliphatic carbocycles. The van der Waals surface area contributed by atoms with Gasteiger partial charge in [-0.05, 0) is 19.9 Å². The Hall–Kier alpha value is -1.10. The molecule has 2 fully saturated rings. The lowest BCUT2D eigenvalue weighted by Crippen LogP contribution is -2.40.